The Morgan fingerprint density at radius 1 is 1.25 bits per heavy atom. The van der Waals surface area contributed by atoms with Crippen LogP contribution >= 0.6 is 0 Å². The van der Waals surface area contributed by atoms with Gasteiger partial charge in [-0.15, -0.1) is 10.2 Å². The van der Waals surface area contributed by atoms with Gasteiger partial charge in [-0.25, -0.2) is 0 Å². The first-order valence-corrected chi connectivity index (χ1v) is 9.96. The Kier molecular flexibility index (Phi) is 6.80. The molecule has 7 nitrogen and oxygen atoms in total. The average Bonchev–Trinajstić information content (AvgIpc) is 2.97. The third-order valence-corrected chi connectivity index (χ3v) is 5.34. The summed E-state index contributed by atoms with van der Waals surface area (Å²) in [6, 6.07) is 6.49. The highest BCUT2D eigenvalue weighted by Crippen LogP contribution is 2.18. The normalized spacial score (nSPS) is 15.7. The van der Waals surface area contributed by atoms with Crippen LogP contribution in [0.1, 0.15) is 47.7 Å². The van der Waals surface area contributed by atoms with Crippen LogP contribution in [0, 0.1) is 13.8 Å². The van der Waals surface area contributed by atoms with Crippen molar-refractivity contribution in [3.8, 4) is 0 Å². The summed E-state index contributed by atoms with van der Waals surface area (Å²) in [6.07, 6.45) is 1.22. The van der Waals surface area contributed by atoms with Crippen molar-refractivity contribution < 1.29 is 9.53 Å². The quantitative estimate of drug-likeness (QED) is 0.791. The first-order valence-electron chi connectivity index (χ1n) is 9.96. The van der Waals surface area contributed by atoms with Crippen molar-refractivity contribution in [2.45, 2.75) is 52.7 Å². The minimum absolute atomic E-state index is 0.0307. The molecule has 7 heteroatoms. The summed E-state index contributed by atoms with van der Waals surface area (Å²) in [5.74, 6) is 1.79. The number of fused-ring (bicyclic) bond motifs is 1. The van der Waals surface area contributed by atoms with Crippen molar-refractivity contribution in [3.63, 3.8) is 0 Å². The molecular formula is C21H31N5O2. The number of hydrogen-bond acceptors (Lipinski definition) is 5. The molecule has 3 rings (SSSR count). The molecule has 1 aliphatic heterocycles. The molecule has 1 N–H and O–H groups in total. The number of aryl methyl sites for hydroxylation is 2. The monoisotopic (exact) mass is 385 g/mol. The maximum Gasteiger partial charge on any atom is 0.222 e. The van der Waals surface area contributed by atoms with Gasteiger partial charge >= 0.3 is 0 Å². The molecule has 0 saturated heterocycles. The van der Waals surface area contributed by atoms with Crippen LogP contribution in [0.2, 0.25) is 0 Å². The molecule has 0 aliphatic carbocycles. The highest BCUT2D eigenvalue weighted by Gasteiger charge is 2.23. The van der Waals surface area contributed by atoms with E-state index in [0.29, 0.717) is 13.0 Å². The third kappa shape index (κ3) is 4.97. The molecule has 2 aromatic rings. The molecule has 152 valence electrons. The Hall–Kier alpha value is -2.25. The fraction of sp³-hybridized carbons (Fsp3) is 0.571. The maximum atomic E-state index is 12.0. The predicted octanol–water partition coefficient (Wildman–Crippen LogP) is 2.17. The molecule has 0 fully saturated rings. The summed E-state index contributed by atoms with van der Waals surface area (Å²) in [5.41, 5.74) is 4.02. The van der Waals surface area contributed by atoms with Gasteiger partial charge in [-0.1, -0.05) is 23.8 Å². The van der Waals surface area contributed by atoms with Crippen LogP contribution in [0.3, 0.4) is 0 Å². The van der Waals surface area contributed by atoms with E-state index in [9.17, 15) is 4.79 Å². The molecule has 1 atom stereocenters. The third-order valence-electron chi connectivity index (χ3n) is 5.34. The summed E-state index contributed by atoms with van der Waals surface area (Å²) in [6.45, 7) is 10.4. The number of amides is 1. The predicted molar refractivity (Wildman–Crippen MR) is 108 cm³/mol. The van der Waals surface area contributed by atoms with E-state index < -0.39 is 0 Å². The Balaban J connectivity index is 1.63. The van der Waals surface area contributed by atoms with E-state index in [-0.39, 0.29) is 11.9 Å². The van der Waals surface area contributed by atoms with Crippen molar-refractivity contribution in [1.82, 2.24) is 25.0 Å². The lowest BCUT2D eigenvalue weighted by atomic mass is 10.1. The Morgan fingerprint density at radius 2 is 2.07 bits per heavy atom. The lowest BCUT2D eigenvalue weighted by Gasteiger charge is -2.21. The fourth-order valence-corrected chi connectivity index (χ4v) is 3.70. The van der Waals surface area contributed by atoms with Crippen LogP contribution in [-0.4, -0.2) is 52.4 Å². The molecule has 28 heavy (non-hydrogen) atoms. The van der Waals surface area contributed by atoms with Crippen molar-refractivity contribution in [2.75, 3.05) is 26.8 Å². The summed E-state index contributed by atoms with van der Waals surface area (Å²) in [7, 11) is 1.60. The highest BCUT2D eigenvalue weighted by molar-refractivity contribution is 5.76. The molecule has 2 heterocycles. The van der Waals surface area contributed by atoms with Gasteiger partial charge in [0.15, 0.2) is 5.82 Å². The highest BCUT2D eigenvalue weighted by atomic mass is 16.5. The Morgan fingerprint density at radius 3 is 2.82 bits per heavy atom. The molecule has 0 spiro atoms. The number of carbonyl (C=O) groups excluding carboxylic acids is 1. The topological polar surface area (TPSA) is 72.3 Å². The van der Waals surface area contributed by atoms with Gasteiger partial charge in [0, 0.05) is 46.1 Å². The van der Waals surface area contributed by atoms with Gasteiger partial charge in [-0.3, -0.25) is 9.69 Å². The molecule has 1 aromatic heterocycles. The number of nitrogens with zero attached hydrogens (tertiary/aromatic N) is 4. The standard InChI is InChI=1S/C21H31N5O2/c1-15-5-6-18(16(2)13-15)14-25-9-7-19-23-24-21(26(19)11-10-25)17(3)22-20(27)8-12-28-4/h5-6,13,17H,7-12,14H2,1-4H3,(H,22,27)/t17-/m1/s1. The van der Waals surface area contributed by atoms with E-state index in [1.54, 1.807) is 7.11 Å². The summed E-state index contributed by atoms with van der Waals surface area (Å²) in [5, 5.41) is 11.7. The first kappa shape index (κ1) is 20.5. The lowest BCUT2D eigenvalue weighted by Crippen LogP contribution is -2.30. The van der Waals surface area contributed by atoms with Crippen LogP contribution < -0.4 is 5.32 Å². The van der Waals surface area contributed by atoms with Crippen LogP contribution in [0.5, 0.6) is 0 Å². The number of hydrogen-bond donors (Lipinski definition) is 1. The second-order valence-corrected chi connectivity index (χ2v) is 7.61. The number of rotatable bonds is 7. The summed E-state index contributed by atoms with van der Waals surface area (Å²) in [4.78, 5) is 14.5. The van der Waals surface area contributed by atoms with E-state index in [2.05, 4.69) is 57.0 Å². The van der Waals surface area contributed by atoms with Gasteiger partial charge in [-0.2, -0.15) is 0 Å². The van der Waals surface area contributed by atoms with Gasteiger partial charge in [0.2, 0.25) is 5.91 Å². The number of methoxy groups -OCH3 is 1. The van der Waals surface area contributed by atoms with E-state index >= 15 is 0 Å². The van der Waals surface area contributed by atoms with E-state index in [0.717, 1.165) is 44.2 Å². The maximum absolute atomic E-state index is 12.0. The van der Waals surface area contributed by atoms with Gasteiger partial charge in [-0.05, 0) is 31.9 Å². The number of ether oxygens (including phenoxy) is 1. The van der Waals surface area contributed by atoms with Crippen LogP contribution in [0.15, 0.2) is 18.2 Å². The van der Waals surface area contributed by atoms with Gasteiger partial charge in [0.05, 0.1) is 12.6 Å². The Bertz CT molecular complexity index is 817. The van der Waals surface area contributed by atoms with Crippen molar-refractivity contribution in [2.24, 2.45) is 0 Å². The smallest absolute Gasteiger partial charge is 0.222 e. The largest absolute Gasteiger partial charge is 0.384 e. The minimum Gasteiger partial charge on any atom is -0.384 e. The fourth-order valence-electron chi connectivity index (χ4n) is 3.70. The Labute approximate surface area is 167 Å². The van der Waals surface area contributed by atoms with E-state index in [1.165, 1.54) is 16.7 Å². The molecular weight excluding hydrogens is 354 g/mol. The van der Waals surface area contributed by atoms with Gasteiger partial charge < -0.3 is 14.6 Å². The number of nitrogens with one attached hydrogen (secondary N) is 1. The second-order valence-electron chi connectivity index (χ2n) is 7.61. The van der Waals surface area contributed by atoms with Gasteiger partial charge in [0.1, 0.15) is 5.82 Å². The average molecular weight is 386 g/mol. The molecule has 0 saturated carbocycles. The summed E-state index contributed by atoms with van der Waals surface area (Å²) < 4.78 is 7.14. The van der Waals surface area contributed by atoms with Crippen LogP contribution in [0.4, 0.5) is 0 Å². The summed E-state index contributed by atoms with van der Waals surface area (Å²) >= 11 is 0. The molecule has 0 bridgehead atoms. The molecule has 0 unspecified atom stereocenters. The second kappa shape index (κ2) is 9.30. The molecule has 1 amide bonds. The molecule has 1 aromatic carbocycles. The minimum atomic E-state index is -0.170. The number of benzene rings is 1. The zero-order valence-corrected chi connectivity index (χ0v) is 17.4. The van der Waals surface area contributed by atoms with Crippen molar-refractivity contribution in [1.29, 1.82) is 0 Å². The molecule has 1 aliphatic rings. The van der Waals surface area contributed by atoms with Crippen molar-refractivity contribution >= 4 is 5.91 Å². The first-order chi connectivity index (χ1) is 13.5. The number of carbonyl (C=O) groups is 1. The number of aromatic nitrogens is 3. The van der Waals surface area contributed by atoms with Gasteiger partial charge in [0.25, 0.3) is 0 Å². The zero-order valence-electron chi connectivity index (χ0n) is 17.4. The van der Waals surface area contributed by atoms with E-state index in [4.69, 9.17) is 4.74 Å². The lowest BCUT2D eigenvalue weighted by molar-refractivity contribution is -0.122. The molecule has 0 radical (unpaired) electrons. The van der Waals surface area contributed by atoms with E-state index in [1.807, 2.05) is 6.92 Å². The zero-order chi connectivity index (χ0) is 20.1. The van der Waals surface area contributed by atoms with Crippen molar-refractivity contribution in [3.05, 3.63) is 46.5 Å². The van der Waals surface area contributed by atoms with Crippen LogP contribution in [-0.2, 0) is 29.0 Å². The van der Waals surface area contributed by atoms with Crippen LogP contribution in [0.25, 0.3) is 0 Å². The SMILES string of the molecule is COCCC(=O)N[C@H](C)c1nnc2n1CCN(Cc1ccc(C)cc1C)CC2.